The lowest BCUT2D eigenvalue weighted by molar-refractivity contribution is -0.594. The predicted octanol–water partition coefficient (Wildman–Crippen LogP) is 0.858. The van der Waals surface area contributed by atoms with Crippen LogP contribution < -0.4 is 4.52 Å². The summed E-state index contributed by atoms with van der Waals surface area (Å²) >= 11 is 0. The van der Waals surface area contributed by atoms with Gasteiger partial charge in [0.15, 0.2) is 5.69 Å². The van der Waals surface area contributed by atoms with Gasteiger partial charge in [-0.3, -0.25) is 4.98 Å². The third kappa shape index (κ3) is 1.22. The van der Waals surface area contributed by atoms with Crippen LogP contribution in [0.15, 0.2) is 49.1 Å². The highest BCUT2D eigenvalue weighted by Gasteiger charge is 2.16. The quantitative estimate of drug-likeness (QED) is 0.499. The van der Waals surface area contributed by atoms with Gasteiger partial charge in [0.25, 0.3) is 5.65 Å². The first-order valence-corrected chi connectivity index (χ1v) is 5.57. The molecule has 0 saturated carbocycles. The fourth-order valence-electron chi connectivity index (χ4n) is 1.97. The Morgan fingerprint density at radius 3 is 3.00 bits per heavy atom. The lowest BCUT2D eigenvalue weighted by atomic mass is 10.3. The van der Waals surface area contributed by atoms with E-state index in [1.54, 1.807) is 12.4 Å². The van der Waals surface area contributed by atoms with Crippen LogP contribution in [0.25, 0.3) is 22.7 Å². The molecule has 0 aliphatic heterocycles. The Morgan fingerprint density at radius 1 is 1.11 bits per heavy atom. The SMILES string of the molecule is c1ccc(-c2cnc3[nH]n4ccc[n+]4c3n2)nc1. The van der Waals surface area contributed by atoms with Crippen molar-refractivity contribution in [3.05, 3.63) is 49.1 Å². The van der Waals surface area contributed by atoms with Crippen molar-refractivity contribution in [2.75, 3.05) is 0 Å². The number of rotatable bonds is 1. The molecule has 18 heavy (non-hydrogen) atoms. The Hall–Kier alpha value is -2.76. The van der Waals surface area contributed by atoms with Crippen LogP contribution in [0.3, 0.4) is 0 Å². The molecule has 6 heteroatoms. The zero-order valence-corrected chi connectivity index (χ0v) is 9.35. The molecule has 0 radical (unpaired) electrons. The van der Waals surface area contributed by atoms with Gasteiger partial charge in [0.1, 0.15) is 5.69 Å². The largest absolute Gasteiger partial charge is 0.346 e. The van der Waals surface area contributed by atoms with E-state index in [2.05, 4.69) is 20.1 Å². The molecule has 0 bridgehead atoms. The monoisotopic (exact) mass is 237 g/mol. The van der Waals surface area contributed by atoms with Gasteiger partial charge in [0.2, 0.25) is 0 Å². The molecule has 0 spiro atoms. The lowest BCUT2D eigenvalue weighted by Crippen LogP contribution is -2.24. The topological polar surface area (TPSA) is 63.0 Å². The second-order valence-electron chi connectivity index (χ2n) is 3.93. The second kappa shape index (κ2) is 3.36. The molecular weight excluding hydrogens is 228 g/mol. The minimum Gasteiger partial charge on any atom is -0.253 e. The van der Waals surface area contributed by atoms with Crippen molar-refractivity contribution in [3.8, 4) is 11.4 Å². The summed E-state index contributed by atoms with van der Waals surface area (Å²) in [5, 5.41) is 3.12. The van der Waals surface area contributed by atoms with Crippen LogP contribution in [0.5, 0.6) is 0 Å². The highest BCUT2D eigenvalue weighted by Crippen LogP contribution is 2.13. The van der Waals surface area contributed by atoms with Gasteiger partial charge in [-0.25, -0.2) is 4.98 Å². The number of pyridine rings is 1. The molecule has 4 heterocycles. The maximum absolute atomic E-state index is 4.59. The number of nitrogens with one attached hydrogen (secondary N) is 1. The normalized spacial score (nSPS) is 11.3. The number of hydrogen-bond donors (Lipinski definition) is 1. The third-order valence-electron chi connectivity index (χ3n) is 2.81. The van der Waals surface area contributed by atoms with Gasteiger partial charge in [-0.15, -0.1) is 9.15 Å². The summed E-state index contributed by atoms with van der Waals surface area (Å²) < 4.78 is 3.72. The average Bonchev–Trinajstić information content (AvgIpc) is 2.99. The highest BCUT2D eigenvalue weighted by atomic mass is 15.5. The zero-order valence-electron chi connectivity index (χ0n) is 9.35. The fraction of sp³-hybridized carbons (Fsp3) is 0. The van der Waals surface area contributed by atoms with Crippen molar-refractivity contribution in [2.24, 2.45) is 0 Å². The average molecular weight is 237 g/mol. The fourth-order valence-corrected chi connectivity index (χ4v) is 1.97. The van der Waals surface area contributed by atoms with E-state index in [0.717, 1.165) is 22.7 Å². The van der Waals surface area contributed by atoms with E-state index in [1.807, 2.05) is 45.8 Å². The molecule has 0 aliphatic carbocycles. The number of aromatic nitrogens is 6. The summed E-state index contributed by atoms with van der Waals surface area (Å²) in [6.45, 7) is 0. The van der Waals surface area contributed by atoms with Gasteiger partial charge in [-0.2, -0.15) is 5.10 Å². The summed E-state index contributed by atoms with van der Waals surface area (Å²) in [6.07, 6.45) is 7.30. The summed E-state index contributed by atoms with van der Waals surface area (Å²) in [7, 11) is 0. The van der Waals surface area contributed by atoms with Crippen molar-refractivity contribution in [2.45, 2.75) is 0 Å². The van der Waals surface area contributed by atoms with Crippen molar-refractivity contribution >= 4 is 11.3 Å². The smallest absolute Gasteiger partial charge is 0.253 e. The maximum Gasteiger partial charge on any atom is 0.346 e. The summed E-state index contributed by atoms with van der Waals surface area (Å²) in [5.41, 5.74) is 3.11. The van der Waals surface area contributed by atoms with Crippen molar-refractivity contribution in [3.63, 3.8) is 0 Å². The van der Waals surface area contributed by atoms with E-state index in [1.165, 1.54) is 0 Å². The van der Waals surface area contributed by atoms with Gasteiger partial charge in [0, 0.05) is 6.20 Å². The Kier molecular flexibility index (Phi) is 1.74. The molecule has 0 amide bonds. The van der Waals surface area contributed by atoms with E-state index in [9.17, 15) is 0 Å². The van der Waals surface area contributed by atoms with Gasteiger partial charge in [0.05, 0.1) is 18.6 Å². The van der Waals surface area contributed by atoms with E-state index in [0.29, 0.717) is 0 Å². The van der Waals surface area contributed by atoms with E-state index in [4.69, 9.17) is 0 Å². The first kappa shape index (κ1) is 9.29. The van der Waals surface area contributed by atoms with Crippen molar-refractivity contribution in [1.82, 2.24) is 24.7 Å². The molecule has 4 rings (SSSR count). The van der Waals surface area contributed by atoms with Crippen molar-refractivity contribution < 1.29 is 4.52 Å². The minimum atomic E-state index is 0.746. The third-order valence-corrected chi connectivity index (χ3v) is 2.81. The number of nitrogens with zero attached hydrogens (tertiary/aromatic N) is 5. The highest BCUT2D eigenvalue weighted by molar-refractivity contribution is 5.65. The summed E-state index contributed by atoms with van der Waals surface area (Å²) in [4.78, 5) is 13.2. The van der Waals surface area contributed by atoms with Crippen molar-refractivity contribution in [1.29, 1.82) is 0 Å². The lowest BCUT2D eigenvalue weighted by Gasteiger charge is -1.93. The maximum atomic E-state index is 4.59. The Bertz CT molecular complexity index is 829. The molecule has 0 unspecified atom stereocenters. The molecule has 0 aromatic carbocycles. The van der Waals surface area contributed by atoms with Gasteiger partial charge in [-0.05, 0) is 18.2 Å². The molecule has 0 atom stereocenters. The molecule has 0 fully saturated rings. The Morgan fingerprint density at radius 2 is 2.11 bits per heavy atom. The number of fused-ring (bicyclic) bond motifs is 3. The van der Waals surface area contributed by atoms with Crippen LogP contribution in [0.1, 0.15) is 0 Å². The number of hydrogen-bond acceptors (Lipinski definition) is 3. The van der Waals surface area contributed by atoms with Crippen LogP contribution in [-0.2, 0) is 0 Å². The second-order valence-corrected chi connectivity index (χ2v) is 3.93. The van der Waals surface area contributed by atoms with Crippen LogP contribution in [-0.4, -0.2) is 24.7 Å². The molecule has 4 aromatic rings. The zero-order chi connectivity index (χ0) is 11.9. The van der Waals surface area contributed by atoms with E-state index in [-0.39, 0.29) is 0 Å². The standard InChI is InChI=1S/C12H9N6/c1-2-5-13-9(4-1)10-8-14-11-12(15-10)17-6-3-7-18(17)16-11/h1-8H,(H,14,16)/q+1. The Labute approximate surface area is 102 Å². The molecule has 86 valence electrons. The number of H-pyrrole nitrogens is 1. The van der Waals surface area contributed by atoms with Gasteiger partial charge < -0.3 is 0 Å². The molecule has 0 aliphatic rings. The Balaban J connectivity index is 2.02. The molecule has 1 N–H and O–H groups in total. The van der Waals surface area contributed by atoms with Gasteiger partial charge >= 0.3 is 5.65 Å². The van der Waals surface area contributed by atoms with Crippen LogP contribution >= 0.6 is 0 Å². The first-order valence-electron chi connectivity index (χ1n) is 5.57. The van der Waals surface area contributed by atoms with Crippen LogP contribution in [0.2, 0.25) is 0 Å². The van der Waals surface area contributed by atoms with E-state index < -0.39 is 0 Å². The van der Waals surface area contributed by atoms with Gasteiger partial charge in [-0.1, -0.05) is 11.1 Å². The molecular formula is C12H9N6+. The molecule has 0 saturated heterocycles. The summed E-state index contributed by atoms with van der Waals surface area (Å²) in [5.74, 6) is 0. The first-order chi connectivity index (χ1) is 8.92. The molecule has 6 nitrogen and oxygen atoms in total. The van der Waals surface area contributed by atoms with Crippen LogP contribution in [0.4, 0.5) is 0 Å². The number of aromatic amines is 1. The van der Waals surface area contributed by atoms with Crippen LogP contribution in [0, 0.1) is 0 Å². The minimum absolute atomic E-state index is 0.746. The summed E-state index contributed by atoms with van der Waals surface area (Å²) in [6, 6.07) is 7.67. The predicted molar refractivity (Wildman–Crippen MR) is 63.7 cm³/mol. The molecule has 4 aromatic heterocycles. The van der Waals surface area contributed by atoms with E-state index >= 15 is 0 Å².